The maximum atomic E-state index is 11.5. The predicted octanol–water partition coefficient (Wildman–Crippen LogP) is 2.98. The Morgan fingerprint density at radius 1 is 1.20 bits per heavy atom. The molecule has 0 radical (unpaired) electrons. The molecule has 2 aromatic rings. The van der Waals surface area contributed by atoms with Gasteiger partial charge in [-0.2, -0.15) is 5.10 Å². The quantitative estimate of drug-likeness (QED) is 0.676. The second-order valence-corrected chi connectivity index (χ2v) is 4.87. The highest BCUT2D eigenvalue weighted by atomic mass is 79.9. The highest BCUT2D eigenvalue weighted by molar-refractivity contribution is 9.10. The molecule has 20 heavy (non-hydrogen) atoms. The number of carbonyl (C=O) groups excluding carboxylic acids is 1. The zero-order valence-corrected chi connectivity index (χ0v) is 12.2. The Morgan fingerprint density at radius 3 is 2.75 bits per heavy atom. The maximum Gasteiger partial charge on any atom is 0.277 e. The highest BCUT2D eigenvalue weighted by Crippen LogP contribution is 2.10. The van der Waals surface area contributed by atoms with Crippen LogP contribution in [0.1, 0.15) is 5.56 Å². The zero-order valence-electron chi connectivity index (χ0n) is 10.6. The number of hydrogen-bond acceptors (Lipinski definition) is 3. The van der Waals surface area contributed by atoms with E-state index in [-0.39, 0.29) is 12.5 Å². The van der Waals surface area contributed by atoms with Crippen molar-refractivity contribution in [2.75, 3.05) is 6.61 Å². The van der Waals surface area contributed by atoms with E-state index in [0.29, 0.717) is 5.75 Å². The van der Waals surface area contributed by atoms with Gasteiger partial charge in [-0.1, -0.05) is 46.3 Å². The molecule has 5 heteroatoms. The van der Waals surface area contributed by atoms with E-state index in [4.69, 9.17) is 4.74 Å². The van der Waals surface area contributed by atoms with Crippen molar-refractivity contribution in [2.24, 2.45) is 5.10 Å². The fourth-order valence-electron chi connectivity index (χ4n) is 1.46. The first-order valence-corrected chi connectivity index (χ1v) is 6.78. The molecule has 2 rings (SSSR count). The topological polar surface area (TPSA) is 50.7 Å². The van der Waals surface area contributed by atoms with Crippen molar-refractivity contribution >= 4 is 28.1 Å². The maximum absolute atomic E-state index is 11.5. The number of hydrogen-bond donors (Lipinski definition) is 1. The fourth-order valence-corrected chi connectivity index (χ4v) is 1.88. The van der Waals surface area contributed by atoms with Gasteiger partial charge in [0.05, 0.1) is 6.21 Å². The van der Waals surface area contributed by atoms with Crippen LogP contribution < -0.4 is 10.2 Å². The van der Waals surface area contributed by atoms with Crippen LogP contribution in [0.15, 0.2) is 64.2 Å². The number of hydrazone groups is 1. The molecule has 0 bridgehead atoms. The van der Waals surface area contributed by atoms with Gasteiger partial charge < -0.3 is 4.74 Å². The molecule has 0 aromatic heterocycles. The standard InChI is InChI=1S/C15H13BrN2O2/c16-13-6-4-5-12(9-13)10-17-18-15(19)11-20-14-7-2-1-3-8-14/h1-10H,11H2,(H,18,19)/b17-10+. The van der Waals surface area contributed by atoms with E-state index in [0.717, 1.165) is 10.0 Å². The van der Waals surface area contributed by atoms with Crippen LogP contribution in [0, 0.1) is 0 Å². The number of rotatable bonds is 5. The first-order chi connectivity index (χ1) is 9.74. The number of para-hydroxylation sites is 1. The van der Waals surface area contributed by atoms with Gasteiger partial charge in [0, 0.05) is 4.47 Å². The number of benzene rings is 2. The molecular formula is C15H13BrN2O2. The summed E-state index contributed by atoms with van der Waals surface area (Å²) in [7, 11) is 0. The van der Waals surface area contributed by atoms with Crippen molar-refractivity contribution in [1.29, 1.82) is 0 Å². The number of nitrogens with one attached hydrogen (secondary N) is 1. The molecule has 102 valence electrons. The third-order valence-electron chi connectivity index (χ3n) is 2.36. The third kappa shape index (κ3) is 4.85. The molecule has 2 aromatic carbocycles. The molecule has 0 saturated heterocycles. The summed E-state index contributed by atoms with van der Waals surface area (Å²) in [6.45, 7) is -0.0696. The number of carbonyl (C=O) groups is 1. The number of amides is 1. The summed E-state index contributed by atoms with van der Waals surface area (Å²) < 4.78 is 6.25. The number of halogens is 1. The van der Waals surface area contributed by atoms with E-state index in [1.165, 1.54) is 0 Å². The van der Waals surface area contributed by atoms with Gasteiger partial charge >= 0.3 is 0 Å². The Kier molecular flexibility index (Phi) is 5.32. The van der Waals surface area contributed by atoms with Crippen molar-refractivity contribution in [3.05, 3.63) is 64.6 Å². The minimum atomic E-state index is -0.305. The first kappa shape index (κ1) is 14.3. The van der Waals surface area contributed by atoms with Crippen molar-refractivity contribution < 1.29 is 9.53 Å². The van der Waals surface area contributed by atoms with Gasteiger partial charge in [0.15, 0.2) is 6.61 Å². The lowest BCUT2D eigenvalue weighted by molar-refractivity contribution is -0.123. The Labute approximate surface area is 125 Å². The highest BCUT2D eigenvalue weighted by Gasteiger charge is 2.00. The van der Waals surface area contributed by atoms with Gasteiger partial charge in [-0.15, -0.1) is 0 Å². The molecule has 0 aliphatic heterocycles. The lowest BCUT2D eigenvalue weighted by Crippen LogP contribution is -2.24. The monoisotopic (exact) mass is 332 g/mol. The van der Waals surface area contributed by atoms with Gasteiger partial charge in [-0.3, -0.25) is 4.79 Å². The summed E-state index contributed by atoms with van der Waals surface area (Å²) in [6.07, 6.45) is 1.57. The van der Waals surface area contributed by atoms with Crippen molar-refractivity contribution in [2.45, 2.75) is 0 Å². The van der Waals surface area contributed by atoms with Gasteiger partial charge in [-0.25, -0.2) is 5.43 Å². The molecule has 4 nitrogen and oxygen atoms in total. The van der Waals surface area contributed by atoms with Crippen LogP contribution in [-0.4, -0.2) is 18.7 Å². The Bertz CT molecular complexity index is 600. The molecule has 0 fully saturated rings. The van der Waals surface area contributed by atoms with Gasteiger partial charge in [0.25, 0.3) is 5.91 Å². The average Bonchev–Trinajstić information content (AvgIpc) is 2.46. The predicted molar refractivity (Wildman–Crippen MR) is 81.8 cm³/mol. The molecule has 1 amide bonds. The zero-order chi connectivity index (χ0) is 14.2. The Balaban J connectivity index is 1.78. The number of ether oxygens (including phenoxy) is 1. The van der Waals surface area contributed by atoms with Crippen LogP contribution in [0.5, 0.6) is 5.75 Å². The third-order valence-corrected chi connectivity index (χ3v) is 2.86. The minimum absolute atomic E-state index is 0.0696. The molecule has 0 atom stereocenters. The van der Waals surface area contributed by atoms with Crippen LogP contribution in [0.3, 0.4) is 0 Å². The van der Waals surface area contributed by atoms with Crippen molar-refractivity contribution in [3.63, 3.8) is 0 Å². The normalized spacial score (nSPS) is 10.4. The van der Waals surface area contributed by atoms with E-state index in [9.17, 15) is 4.79 Å². The summed E-state index contributed by atoms with van der Waals surface area (Å²) >= 11 is 3.36. The first-order valence-electron chi connectivity index (χ1n) is 5.99. The van der Waals surface area contributed by atoms with Gasteiger partial charge in [0.1, 0.15) is 5.75 Å². The van der Waals surface area contributed by atoms with Crippen LogP contribution in [0.4, 0.5) is 0 Å². The van der Waals surface area contributed by atoms with E-state index in [2.05, 4.69) is 26.5 Å². The van der Waals surface area contributed by atoms with Crippen molar-refractivity contribution in [1.82, 2.24) is 5.43 Å². The lowest BCUT2D eigenvalue weighted by atomic mass is 10.2. The van der Waals surface area contributed by atoms with Crippen molar-refractivity contribution in [3.8, 4) is 5.75 Å². The fraction of sp³-hybridized carbons (Fsp3) is 0.0667. The molecule has 0 aliphatic rings. The second-order valence-electron chi connectivity index (χ2n) is 3.95. The van der Waals surface area contributed by atoms with E-state index in [1.807, 2.05) is 42.5 Å². The second kappa shape index (κ2) is 7.45. The lowest BCUT2D eigenvalue weighted by Gasteiger charge is -2.04. The largest absolute Gasteiger partial charge is 0.484 e. The molecular weight excluding hydrogens is 320 g/mol. The van der Waals surface area contributed by atoms with Crippen LogP contribution in [-0.2, 0) is 4.79 Å². The molecule has 0 unspecified atom stereocenters. The summed E-state index contributed by atoms with van der Waals surface area (Å²) in [5.74, 6) is 0.346. The van der Waals surface area contributed by atoms with Gasteiger partial charge in [-0.05, 0) is 29.8 Å². The Morgan fingerprint density at radius 2 is 2.00 bits per heavy atom. The Hall–Kier alpha value is -2.14. The van der Waals surface area contributed by atoms with Crippen LogP contribution in [0.25, 0.3) is 0 Å². The van der Waals surface area contributed by atoms with Crippen LogP contribution >= 0.6 is 15.9 Å². The molecule has 0 heterocycles. The summed E-state index contributed by atoms with van der Waals surface area (Å²) in [5, 5.41) is 3.87. The van der Waals surface area contributed by atoms with Gasteiger partial charge in [0.2, 0.25) is 0 Å². The van der Waals surface area contributed by atoms with Crippen LogP contribution in [0.2, 0.25) is 0 Å². The summed E-state index contributed by atoms with van der Waals surface area (Å²) in [4.78, 5) is 11.5. The van der Waals surface area contributed by atoms with E-state index < -0.39 is 0 Å². The smallest absolute Gasteiger partial charge is 0.277 e. The minimum Gasteiger partial charge on any atom is -0.484 e. The SMILES string of the molecule is O=C(COc1ccccc1)N/N=C/c1cccc(Br)c1. The molecule has 0 spiro atoms. The molecule has 0 aliphatic carbocycles. The summed E-state index contributed by atoms with van der Waals surface area (Å²) in [6, 6.07) is 16.8. The van der Waals surface area contributed by atoms with E-state index in [1.54, 1.807) is 18.3 Å². The number of nitrogens with zero attached hydrogens (tertiary/aromatic N) is 1. The van der Waals surface area contributed by atoms with E-state index >= 15 is 0 Å². The summed E-state index contributed by atoms with van der Waals surface area (Å²) in [5.41, 5.74) is 3.30. The average molecular weight is 333 g/mol. The molecule has 1 N–H and O–H groups in total. The molecule has 0 saturated carbocycles.